The van der Waals surface area contributed by atoms with Gasteiger partial charge in [0.2, 0.25) is 0 Å². The van der Waals surface area contributed by atoms with Gasteiger partial charge in [-0.3, -0.25) is 0 Å². The lowest BCUT2D eigenvalue weighted by Gasteiger charge is -2.41. The maximum Gasteiger partial charge on any atom is 0.161 e. The Morgan fingerprint density at radius 3 is 2.30 bits per heavy atom. The number of rotatable bonds is 2. The van der Waals surface area contributed by atoms with Crippen molar-refractivity contribution in [1.82, 2.24) is 14.6 Å². The molecule has 0 radical (unpaired) electrons. The first-order chi connectivity index (χ1) is 10.7. The Morgan fingerprint density at radius 2 is 1.74 bits per heavy atom. The summed E-state index contributed by atoms with van der Waals surface area (Å²) in [5, 5.41) is 4.48. The van der Waals surface area contributed by atoms with Crippen molar-refractivity contribution in [3.63, 3.8) is 0 Å². The van der Waals surface area contributed by atoms with Crippen LogP contribution in [0, 0.1) is 0 Å². The monoisotopic (exact) mass is 314 g/mol. The molecule has 0 spiro atoms. The average Bonchev–Trinajstić information content (AvgIpc) is 3.04. The van der Waals surface area contributed by atoms with Crippen molar-refractivity contribution in [2.75, 3.05) is 4.90 Å². The summed E-state index contributed by atoms with van der Waals surface area (Å²) < 4.78 is 1.90. The number of hydrogen-bond acceptors (Lipinski definition) is 3. The van der Waals surface area contributed by atoms with Gasteiger partial charge in [0.05, 0.1) is 6.20 Å². The SMILES string of the molecule is CC(C)(C)c1cnn2ccc(N(C3CCCC3)C(C)(C)C)nc12. The van der Waals surface area contributed by atoms with Crippen molar-refractivity contribution in [1.29, 1.82) is 0 Å². The normalized spacial score (nSPS) is 17.1. The molecule has 0 aliphatic heterocycles. The second-order valence-corrected chi connectivity index (χ2v) is 8.84. The van der Waals surface area contributed by atoms with Gasteiger partial charge in [-0.15, -0.1) is 0 Å². The Kier molecular flexibility index (Phi) is 3.89. The Morgan fingerprint density at radius 1 is 1.09 bits per heavy atom. The molecule has 1 saturated carbocycles. The predicted molar refractivity (Wildman–Crippen MR) is 96.2 cm³/mol. The summed E-state index contributed by atoms with van der Waals surface area (Å²) in [6, 6.07) is 2.72. The molecule has 1 fully saturated rings. The molecule has 126 valence electrons. The van der Waals surface area contributed by atoms with Crippen molar-refractivity contribution in [2.45, 2.75) is 84.2 Å². The van der Waals surface area contributed by atoms with Crippen molar-refractivity contribution in [3.05, 3.63) is 24.0 Å². The Hall–Kier alpha value is -1.58. The van der Waals surface area contributed by atoms with Crippen LogP contribution in [0.4, 0.5) is 5.82 Å². The molecule has 2 aromatic rings. The first-order valence-electron chi connectivity index (χ1n) is 8.82. The number of aromatic nitrogens is 3. The fourth-order valence-electron chi connectivity index (χ4n) is 3.76. The lowest BCUT2D eigenvalue weighted by Crippen LogP contribution is -2.48. The zero-order valence-electron chi connectivity index (χ0n) is 15.4. The highest BCUT2D eigenvalue weighted by Crippen LogP contribution is 2.34. The topological polar surface area (TPSA) is 33.4 Å². The second-order valence-electron chi connectivity index (χ2n) is 8.84. The molecule has 1 aliphatic rings. The summed E-state index contributed by atoms with van der Waals surface area (Å²) in [6.45, 7) is 13.5. The van der Waals surface area contributed by atoms with Crippen LogP contribution in [0.5, 0.6) is 0 Å². The van der Waals surface area contributed by atoms with Crippen LogP contribution in [-0.4, -0.2) is 26.2 Å². The molecule has 0 unspecified atom stereocenters. The van der Waals surface area contributed by atoms with Gasteiger partial charge in [-0.1, -0.05) is 33.6 Å². The van der Waals surface area contributed by atoms with Crippen molar-refractivity contribution in [2.24, 2.45) is 0 Å². The van der Waals surface area contributed by atoms with Crippen LogP contribution >= 0.6 is 0 Å². The van der Waals surface area contributed by atoms with E-state index in [1.54, 1.807) is 0 Å². The molecule has 0 atom stereocenters. The predicted octanol–water partition coefficient (Wildman–Crippen LogP) is 4.57. The third-order valence-electron chi connectivity index (χ3n) is 4.82. The van der Waals surface area contributed by atoms with E-state index in [0.717, 1.165) is 11.5 Å². The molecule has 0 bridgehead atoms. The second kappa shape index (κ2) is 5.50. The van der Waals surface area contributed by atoms with Crippen molar-refractivity contribution < 1.29 is 0 Å². The van der Waals surface area contributed by atoms with Crippen LogP contribution < -0.4 is 4.90 Å². The minimum Gasteiger partial charge on any atom is -0.349 e. The summed E-state index contributed by atoms with van der Waals surface area (Å²) >= 11 is 0. The van der Waals surface area contributed by atoms with Gasteiger partial charge < -0.3 is 4.90 Å². The van der Waals surface area contributed by atoms with Gasteiger partial charge >= 0.3 is 0 Å². The molecule has 0 aromatic carbocycles. The highest BCUT2D eigenvalue weighted by Gasteiger charge is 2.32. The lowest BCUT2D eigenvalue weighted by atomic mass is 9.89. The number of nitrogens with zero attached hydrogens (tertiary/aromatic N) is 4. The highest BCUT2D eigenvalue weighted by molar-refractivity contribution is 5.56. The van der Waals surface area contributed by atoms with E-state index in [4.69, 9.17) is 4.98 Å². The van der Waals surface area contributed by atoms with Gasteiger partial charge in [-0.25, -0.2) is 9.50 Å². The first-order valence-corrected chi connectivity index (χ1v) is 8.82. The van der Waals surface area contributed by atoms with E-state index in [1.807, 2.05) is 10.7 Å². The zero-order chi connectivity index (χ0) is 16.8. The molecule has 1 aliphatic carbocycles. The Balaban J connectivity index is 2.09. The van der Waals surface area contributed by atoms with E-state index in [9.17, 15) is 0 Å². The smallest absolute Gasteiger partial charge is 0.161 e. The van der Waals surface area contributed by atoms with Gasteiger partial charge in [0, 0.05) is 23.3 Å². The minimum atomic E-state index is 0.0489. The van der Waals surface area contributed by atoms with Gasteiger partial charge in [-0.05, 0) is 45.1 Å². The van der Waals surface area contributed by atoms with E-state index < -0.39 is 0 Å². The van der Waals surface area contributed by atoms with Crippen LogP contribution in [0.1, 0.15) is 72.8 Å². The highest BCUT2D eigenvalue weighted by atomic mass is 15.3. The quantitative estimate of drug-likeness (QED) is 0.814. The van der Waals surface area contributed by atoms with Gasteiger partial charge in [0.25, 0.3) is 0 Å². The van der Waals surface area contributed by atoms with Crippen LogP contribution in [0.15, 0.2) is 18.5 Å². The molecule has 23 heavy (non-hydrogen) atoms. The average molecular weight is 314 g/mol. The minimum absolute atomic E-state index is 0.0489. The number of fused-ring (bicyclic) bond motifs is 1. The molecular weight excluding hydrogens is 284 g/mol. The summed E-state index contributed by atoms with van der Waals surface area (Å²) in [6.07, 6.45) is 9.23. The van der Waals surface area contributed by atoms with Gasteiger partial charge in [-0.2, -0.15) is 5.10 Å². The van der Waals surface area contributed by atoms with Crippen molar-refractivity contribution in [3.8, 4) is 0 Å². The van der Waals surface area contributed by atoms with E-state index in [0.29, 0.717) is 6.04 Å². The third-order valence-corrected chi connectivity index (χ3v) is 4.82. The largest absolute Gasteiger partial charge is 0.349 e. The third kappa shape index (κ3) is 3.08. The van der Waals surface area contributed by atoms with Gasteiger partial charge in [0.1, 0.15) is 5.82 Å². The van der Waals surface area contributed by atoms with Gasteiger partial charge in [0.15, 0.2) is 5.65 Å². The van der Waals surface area contributed by atoms with E-state index in [-0.39, 0.29) is 11.0 Å². The molecular formula is C19H30N4. The summed E-state index contributed by atoms with van der Waals surface area (Å²) in [5.74, 6) is 1.09. The summed E-state index contributed by atoms with van der Waals surface area (Å²) in [5.41, 5.74) is 2.32. The van der Waals surface area contributed by atoms with Crippen molar-refractivity contribution >= 4 is 11.5 Å². The zero-order valence-corrected chi connectivity index (χ0v) is 15.4. The standard InChI is InChI=1S/C19H30N4/c1-18(2,3)15-13-20-22-12-11-16(21-17(15)22)23(19(4,5)6)14-9-7-8-10-14/h11-14H,7-10H2,1-6H3. The summed E-state index contributed by atoms with van der Waals surface area (Å²) in [7, 11) is 0. The molecule has 4 nitrogen and oxygen atoms in total. The van der Waals surface area contributed by atoms with E-state index in [1.165, 1.54) is 31.2 Å². The fraction of sp³-hybridized carbons (Fsp3) is 0.684. The molecule has 0 amide bonds. The lowest BCUT2D eigenvalue weighted by molar-refractivity contribution is 0.434. The maximum atomic E-state index is 5.04. The molecule has 2 heterocycles. The summed E-state index contributed by atoms with van der Waals surface area (Å²) in [4.78, 5) is 7.57. The van der Waals surface area contributed by atoms with E-state index >= 15 is 0 Å². The Labute approximate surface area is 139 Å². The van der Waals surface area contributed by atoms with Crippen LogP contribution in [-0.2, 0) is 5.41 Å². The molecule has 0 saturated heterocycles. The van der Waals surface area contributed by atoms with Crippen LogP contribution in [0.25, 0.3) is 5.65 Å². The number of hydrogen-bond donors (Lipinski definition) is 0. The molecule has 2 aromatic heterocycles. The van der Waals surface area contributed by atoms with Crippen LogP contribution in [0.2, 0.25) is 0 Å². The van der Waals surface area contributed by atoms with E-state index in [2.05, 4.69) is 63.8 Å². The fourth-order valence-corrected chi connectivity index (χ4v) is 3.76. The number of anilines is 1. The molecule has 0 N–H and O–H groups in total. The van der Waals surface area contributed by atoms with Crippen LogP contribution in [0.3, 0.4) is 0 Å². The Bertz CT molecular complexity index is 681. The first kappa shape index (κ1) is 16.3. The molecule has 4 heteroatoms. The molecule has 3 rings (SSSR count). The maximum absolute atomic E-state index is 5.04.